The van der Waals surface area contributed by atoms with Crippen LogP contribution in [0.1, 0.15) is 26.3 Å². The van der Waals surface area contributed by atoms with Gasteiger partial charge in [-0.3, -0.25) is 8.98 Å². The molecule has 0 N–H and O–H groups in total. The molecule has 0 saturated heterocycles. The van der Waals surface area contributed by atoms with Crippen molar-refractivity contribution in [3.05, 3.63) is 65.2 Å². The fraction of sp³-hybridized carbons (Fsp3) is 0.176. The zero-order valence-electron chi connectivity index (χ0n) is 13.2. The molecule has 0 bridgehead atoms. The number of carbonyl (C=O) groups is 2. The lowest BCUT2D eigenvalue weighted by molar-refractivity contribution is 0.0600. The van der Waals surface area contributed by atoms with Crippen LogP contribution in [0.4, 0.5) is 0 Å². The largest absolute Gasteiger partial charge is 0.465 e. The minimum absolute atomic E-state index is 0.0121. The van der Waals surface area contributed by atoms with E-state index >= 15 is 0 Å². The van der Waals surface area contributed by atoms with Crippen LogP contribution in [0.25, 0.3) is 0 Å². The predicted octanol–water partition coefficient (Wildman–Crippen LogP) is 2.37. The van der Waals surface area contributed by atoms with Gasteiger partial charge in [0.2, 0.25) is 0 Å². The number of rotatable bonds is 6. The molecule has 0 atom stereocenters. The van der Waals surface area contributed by atoms with Crippen molar-refractivity contribution in [1.29, 1.82) is 0 Å². The van der Waals surface area contributed by atoms with Crippen LogP contribution in [-0.4, -0.2) is 33.9 Å². The van der Waals surface area contributed by atoms with E-state index in [1.165, 1.54) is 43.5 Å². The highest BCUT2D eigenvalue weighted by Crippen LogP contribution is 2.14. The van der Waals surface area contributed by atoms with Crippen LogP contribution >= 0.6 is 0 Å². The van der Waals surface area contributed by atoms with E-state index in [4.69, 9.17) is 4.18 Å². The lowest BCUT2D eigenvalue weighted by atomic mass is 10.1. The van der Waals surface area contributed by atoms with Gasteiger partial charge >= 0.3 is 5.97 Å². The molecule has 0 spiro atoms. The number of hydrogen-bond donors (Lipinski definition) is 0. The van der Waals surface area contributed by atoms with E-state index in [1.54, 1.807) is 12.1 Å². The highest BCUT2D eigenvalue weighted by Gasteiger charge is 2.18. The summed E-state index contributed by atoms with van der Waals surface area (Å²) in [4.78, 5) is 23.3. The lowest BCUT2D eigenvalue weighted by Crippen LogP contribution is -2.15. The Kier molecular flexibility index (Phi) is 5.48. The number of ketones is 1. The summed E-state index contributed by atoms with van der Waals surface area (Å²) in [6.45, 7) is 1.21. The normalized spacial score (nSPS) is 11.1. The summed E-state index contributed by atoms with van der Waals surface area (Å²) in [6, 6.07) is 11.8. The Hall–Kier alpha value is -2.51. The Morgan fingerprint density at radius 3 is 2.00 bits per heavy atom. The molecule has 126 valence electrons. The minimum Gasteiger partial charge on any atom is -0.465 e. The molecule has 0 aliphatic rings. The van der Waals surface area contributed by atoms with Crippen molar-refractivity contribution < 1.29 is 26.9 Å². The van der Waals surface area contributed by atoms with Crippen molar-refractivity contribution >= 4 is 21.9 Å². The Labute approximate surface area is 140 Å². The van der Waals surface area contributed by atoms with Gasteiger partial charge < -0.3 is 4.74 Å². The SMILES string of the molecule is COC(=O)c1ccc(C(=O)COS(=O)(=O)c2ccc(C)cc2)cc1. The minimum atomic E-state index is -4.00. The number of aryl methyl sites for hydroxylation is 1. The van der Waals surface area contributed by atoms with Crippen molar-refractivity contribution in [3.8, 4) is 0 Å². The Morgan fingerprint density at radius 1 is 0.917 bits per heavy atom. The maximum Gasteiger partial charge on any atom is 0.337 e. The molecular formula is C17H16O6S. The van der Waals surface area contributed by atoms with Crippen LogP contribution in [0.15, 0.2) is 53.4 Å². The summed E-state index contributed by atoms with van der Waals surface area (Å²) in [7, 11) is -2.75. The van der Waals surface area contributed by atoms with Crippen LogP contribution in [0.5, 0.6) is 0 Å². The van der Waals surface area contributed by atoms with Crippen LogP contribution in [-0.2, 0) is 19.0 Å². The van der Waals surface area contributed by atoms with Crippen molar-refractivity contribution in [2.24, 2.45) is 0 Å². The van der Waals surface area contributed by atoms with E-state index in [0.717, 1.165) is 5.56 Å². The van der Waals surface area contributed by atoms with E-state index in [2.05, 4.69) is 4.74 Å². The number of ether oxygens (including phenoxy) is 1. The summed E-state index contributed by atoms with van der Waals surface area (Å²) < 4.78 is 33.4. The molecule has 0 radical (unpaired) electrons. The van der Waals surface area contributed by atoms with Gasteiger partial charge in [-0.1, -0.05) is 29.8 Å². The topological polar surface area (TPSA) is 86.7 Å². The lowest BCUT2D eigenvalue weighted by Gasteiger charge is -2.06. The zero-order chi connectivity index (χ0) is 17.7. The molecule has 2 aromatic carbocycles. The molecular weight excluding hydrogens is 332 g/mol. The number of carbonyl (C=O) groups excluding carboxylic acids is 2. The highest BCUT2D eigenvalue weighted by molar-refractivity contribution is 7.86. The van der Waals surface area contributed by atoms with Gasteiger partial charge in [-0.2, -0.15) is 8.42 Å². The standard InChI is InChI=1S/C17H16O6S/c1-12-3-9-15(10-4-12)24(20,21)23-11-16(18)13-5-7-14(8-6-13)17(19)22-2/h3-10H,11H2,1-2H3. The monoisotopic (exact) mass is 348 g/mol. The second kappa shape index (κ2) is 7.37. The summed E-state index contributed by atoms with van der Waals surface area (Å²) >= 11 is 0. The molecule has 0 aromatic heterocycles. The van der Waals surface area contributed by atoms with Gasteiger partial charge in [-0.25, -0.2) is 4.79 Å². The number of methoxy groups -OCH3 is 1. The third kappa shape index (κ3) is 4.27. The number of benzene rings is 2. The third-order valence-corrected chi connectivity index (χ3v) is 4.56. The number of Topliss-reactive ketones (excluding diaryl/α,β-unsaturated/α-hetero) is 1. The number of hydrogen-bond acceptors (Lipinski definition) is 6. The van der Waals surface area contributed by atoms with E-state index in [9.17, 15) is 18.0 Å². The highest BCUT2D eigenvalue weighted by atomic mass is 32.2. The zero-order valence-corrected chi connectivity index (χ0v) is 14.0. The fourth-order valence-electron chi connectivity index (χ4n) is 1.90. The van der Waals surface area contributed by atoms with Gasteiger partial charge in [0.25, 0.3) is 10.1 Å². The molecule has 0 aliphatic carbocycles. The quantitative estimate of drug-likeness (QED) is 0.452. The molecule has 0 aliphatic heterocycles. The van der Waals surface area contributed by atoms with Crippen molar-refractivity contribution in [2.75, 3.05) is 13.7 Å². The molecule has 0 amide bonds. The maximum absolute atomic E-state index is 12.0. The first-order valence-electron chi connectivity index (χ1n) is 7.01. The smallest absolute Gasteiger partial charge is 0.337 e. The maximum atomic E-state index is 12.0. The molecule has 24 heavy (non-hydrogen) atoms. The summed E-state index contributed by atoms with van der Waals surface area (Å²) in [5.41, 5.74) is 1.44. The van der Waals surface area contributed by atoms with Crippen LogP contribution < -0.4 is 0 Å². The Morgan fingerprint density at radius 2 is 1.46 bits per heavy atom. The van der Waals surface area contributed by atoms with Gasteiger partial charge in [0.1, 0.15) is 6.61 Å². The van der Waals surface area contributed by atoms with E-state index in [0.29, 0.717) is 5.56 Å². The van der Waals surface area contributed by atoms with Crippen LogP contribution in [0, 0.1) is 6.92 Å². The average Bonchev–Trinajstić information content (AvgIpc) is 2.59. The molecule has 6 nitrogen and oxygen atoms in total. The van der Waals surface area contributed by atoms with Crippen LogP contribution in [0.3, 0.4) is 0 Å². The van der Waals surface area contributed by atoms with Gasteiger partial charge in [0.05, 0.1) is 17.6 Å². The molecule has 0 unspecified atom stereocenters. The number of esters is 1. The van der Waals surface area contributed by atoms with Gasteiger partial charge in [0.15, 0.2) is 5.78 Å². The second-order valence-corrected chi connectivity index (χ2v) is 6.64. The van der Waals surface area contributed by atoms with Gasteiger partial charge in [-0.15, -0.1) is 0 Å². The molecule has 0 saturated carbocycles. The third-order valence-electron chi connectivity index (χ3n) is 3.28. The second-order valence-electron chi connectivity index (χ2n) is 5.02. The van der Waals surface area contributed by atoms with Crippen LogP contribution in [0.2, 0.25) is 0 Å². The first kappa shape index (κ1) is 17.8. The van der Waals surface area contributed by atoms with E-state index in [1.807, 2.05) is 6.92 Å². The van der Waals surface area contributed by atoms with Crippen molar-refractivity contribution in [3.63, 3.8) is 0 Å². The molecule has 2 aromatic rings. The van der Waals surface area contributed by atoms with E-state index in [-0.39, 0.29) is 10.5 Å². The van der Waals surface area contributed by atoms with Gasteiger partial charge in [-0.05, 0) is 31.2 Å². The van der Waals surface area contributed by atoms with Crippen molar-refractivity contribution in [1.82, 2.24) is 0 Å². The first-order chi connectivity index (χ1) is 11.3. The molecule has 7 heteroatoms. The summed E-state index contributed by atoms with van der Waals surface area (Å²) in [6.07, 6.45) is 0. The molecule has 0 heterocycles. The summed E-state index contributed by atoms with van der Waals surface area (Å²) in [5.74, 6) is -1.03. The average molecular weight is 348 g/mol. The predicted molar refractivity (Wildman–Crippen MR) is 86.4 cm³/mol. The van der Waals surface area contributed by atoms with Crippen molar-refractivity contribution in [2.45, 2.75) is 11.8 Å². The van der Waals surface area contributed by atoms with Gasteiger partial charge in [0, 0.05) is 5.56 Å². The molecule has 2 rings (SSSR count). The Balaban J connectivity index is 2.04. The summed E-state index contributed by atoms with van der Waals surface area (Å²) in [5, 5.41) is 0. The Bertz CT molecular complexity index is 836. The molecule has 0 fully saturated rings. The first-order valence-corrected chi connectivity index (χ1v) is 8.42. The van der Waals surface area contributed by atoms with E-state index < -0.39 is 28.5 Å². The fourth-order valence-corrected chi connectivity index (χ4v) is 2.77.